The number of carbonyl (C=O) groups excluding carboxylic acids is 1. The maximum atomic E-state index is 12.1. The number of carboxylic acid groups (broad SMARTS) is 1. The van der Waals surface area contributed by atoms with Gasteiger partial charge in [-0.2, -0.15) is 5.10 Å². The SMILES string of the molecule is Cn1cc(C=C(C(=O)C(=O)O)c2ccc3ccccc3n2)cn1. The summed E-state index contributed by atoms with van der Waals surface area (Å²) in [4.78, 5) is 27.6. The number of benzene rings is 1. The highest BCUT2D eigenvalue weighted by molar-refractivity contribution is 6.52. The molecule has 0 bridgehead atoms. The van der Waals surface area contributed by atoms with E-state index in [0.29, 0.717) is 16.8 Å². The van der Waals surface area contributed by atoms with Gasteiger partial charge >= 0.3 is 5.97 Å². The molecule has 2 heterocycles. The molecule has 23 heavy (non-hydrogen) atoms. The fraction of sp³-hybridized carbons (Fsp3) is 0.0588. The maximum absolute atomic E-state index is 12.1. The molecule has 1 aromatic carbocycles. The zero-order valence-corrected chi connectivity index (χ0v) is 12.3. The molecule has 0 aliphatic rings. The van der Waals surface area contributed by atoms with Crippen LogP contribution in [0.3, 0.4) is 0 Å². The lowest BCUT2D eigenvalue weighted by atomic mass is 10.0. The van der Waals surface area contributed by atoms with E-state index >= 15 is 0 Å². The van der Waals surface area contributed by atoms with Crippen molar-refractivity contribution in [1.29, 1.82) is 0 Å². The van der Waals surface area contributed by atoms with Crippen molar-refractivity contribution in [3.63, 3.8) is 0 Å². The van der Waals surface area contributed by atoms with E-state index in [4.69, 9.17) is 5.11 Å². The lowest BCUT2D eigenvalue weighted by Crippen LogP contribution is -2.15. The molecule has 0 spiro atoms. The summed E-state index contributed by atoms with van der Waals surface area (Å²) in [6.07, 6.45) is 4.73. The van der Waals surface area contributed by atoms with E-state index in [9.17, 15) is 9.59 Å². The van der Waals surface area contributed by atoms with Crippen LogP contribution in [0.5, 0.6) is 0 Å². The van der Waals surface area contributed by atoms with Crippen LogP contribution in [0.25, 0.3) is 22.6 Å². The summed E-state index contributed by atoms with van der Waals surface area (Å²) < 4.78 is 1.57. The molecule has 2 aromatic heterocycles. The highest BCUT2D eigenvalue weighted by atomic mass is 16.4. The van der Waals surface area contributed by atoms with Crippen LogP contribution in [0.1, 0.15) is 11.3 Å². The van der Waals surface area contributed by atoms with E-state index in [0.717, 1.165) is 5.39 Å². The second kappa shape index (κ2) is 5.84. The van der Waals surface area contributed by atoms with Crippen LogP contribution in [0.15, 0.2) is 48.8 Å². The van der Waals surface area contributed by atoms with Gasteiger partial charge in [0.2, 0.25) is 0 Å². The number of hydrogen-bond acceptors (Lipinski definition) is 4. The van der Waals surface area contributed by atoms with Crippen molar-refractivity contribution in [2.24, 2.45) is 7.05 Å². The zero-order chi connectivity index (χ0) is 16.4. The van der Waals surface area contributed by atoms with Gasteiger partial charge < -0.3 is 5.11 Å². The summed E-state index contributed by atoms with van der Waals surface area (Å²) in [5.41, 5.74) is 1.67. The van der Waals surface area contributed by atoms with Crippen molar-refractivity contribution in [1.82, 2.24) is 14.8 Å². The molecule has 0 aliphatic carbocycles. The van der Waals surface area contributed by atoms with Crippen LogP contribution in [0.2, 0.25) is 0 Å². The van der Waals surface area contributed by atoms with Gasteiger partial charge in [-0.05, 0) is 18.2 Å². The summed E-state index contributed by atoms with van der Waals surface area (Å²) >= 11 is 0. The molecule has 0 radical (unpaired) electrons. The van der Waals surface area contributed by atoms with Crippen LogP contribution in [0, 0.1) is 0 Å². The molecule has 0 atom stereocenters. The van der Waals surface area contributed by atoms with Gasteiger partial charge in [-0.3, -0.25) is 9.48 Å². The average molecular weight is 307 g/mol. The molecular weight excluding hydrogens is 294 g/mol. The molecule has 1 N–H and O–H groups in total. The molecule has 6 heteroatoms. The van der Waals surface area contributed by atoms with Crippen molar-refractivity contribution in [2.75, 3.05) is 0 Å². The van der Waals surface area contributed by atoms with E-state index in [1.54, 1.807) is 30.2 Å². The Hall–Kier alpha value is -3.28. The minimum Gasteiger partial charge on any atom is -0.475 e. The predicted octanol–water partition coefficient (Wildman–Crippen LogP) is 2.16. The van der Waals surface area contributed by atoms with Crippen molar-refractivity contribution in [2.45, 2.75) is 0 Å². The van der Waals surface area contributed by atoms with Crippen molar-refractivity contribution < 1.29 is 14.7 Å². The Morgan fingerprint density at radius 1 is 1.17 bits per heavy atom. The topological polar surface area (TPSA) is 85.1 Å². The fourth-order valence-electron chi connectivity index (χ4n) is 2.27. The van der Waals surface area contributed by atoms with Gasteiger partial charge in [-0.25, -0.2) is 9.78 Å². The summed E-state index contributed by atoms with van der Waals surface area (Å²) in [7, 11) is 1.74. The minimum atomic E-state index is -1.52. The number of ketones is 1. The Bertz CT molecular complexity index is 941. The molecule has 0 saturated carbocycles. The number of aryl methyl sites for hydroxylation is 1. The number of para-hydroxylation sites is 1. The van der Waals surface area contributed by atoms with E-state index in [1.807, 2.05) is 30.3 Å². The average Bonchev–Trinajstić information content (AvgIpc) is 2.96. The van der Waals surface area contributed by atoms with Gasteiger partial charge in [0.1, 0.15) is 0 Å². The van der Waals surface area contributed by atoms with E-state index < -0.39 is 11.8 Å². The van der Waals surface area contributed by atoms with Crippen LogP contribution in [-0.2, 0) is 16.6 Å². The first-order valence-corrected chi connectivity index (χ1v) is 6.89. The van der Waals surface area contributed by atoms with Gasteiger partial charge in [0.25, 0.3) is 5.78 Å². The van der Waals surface area contributed by atoms with Crippen molar-refractivity contribution >= 4 is 34.3 Å². The number of hydrogen-bond donors (Lipinski definition) is 1. The first-order valence-electron chi connectivity index (χ1n) is 6.89. The molecule has 114 valence electrons. The van der Waals surface area contributed by atoms with Crippen LogP contribution >= 0.6 is 0 Å². The lowest BCUT2D eigenvalue weighted by molar-refractivity contribution is -0.146. The Kier molecular flexibility index (Phi) is 3.72. The number of nitrogens with zero attached hydrogens (tertiary/aromatic N) is 3. The number of carboxylic acids is 1. The second-order valence-corrected chi connectivity index (χ2v) is 5.03. The summed E-state index contributed by atoms with van der Waals surface area (Å²) in [6, 6.07) is 10.9. The number of fused-ring (bicyclic) bond motifs is 1. The largest absolute Gasteiger partial charge is 0.475 e. The summed E-state index contributed by atoms with van der Waals surface area (Å²) in [5, 5.41) is 14.0. The highest BCUT2D eigenvalue weighted by Gasteiger charge is 2.21. The molecule has 0 aliphatic heterocycles. The molecule has 0 unspecified atom stereocenters. The van der Waals surface area contributed by atoms with Crippen LogP contribution in [0.4, 0.5) is 0 Å². The molecule has 0 amide bonds. The Morgan fingerprint density at radius 3 is 2.65 bits per heavy atom. The van der Waals surface area contributed by atoms with Gasteiger partial charge in [0.05, 0.1) is 23.0 Å². The number of Topliss-reactive ketones (excluding diaryl/α,β-unsaturated/α-hetero) is 1. The second-order valence-electron chi connectivity index (χ2n) is 5.03. The van der Waals surface area contributed by atoms with Crippen LogP contribution < -0.4 is 0 Å². The van der Waals surface area contributed by atoms with Gasteiger partial charge in [0, 0.05) is 24.2 Å². The molecule has 3 rings (SSSR count). The lowest BCUT2D eigenvalue weighted by Gasteiger charge is -2.05. The van der Waals surface area contributed by atoms with E-state index in [1.165, 1.54) is 6.08 Å². The molecule has 6 nitrogen and oxygen atoms in total. The Morgan fingerprint density at radius 2 is 1.96 bits per heavy atom. The van der Waals surface area contributed by atoms with Gasteiger partial charge in [0.15, 0.2) is 0 Å². The Labute approximate surface area is 131 Å². The smallest absolute Gasteiger partial charge is 0.377 e. The first kappa shape index (κ1) is 14.6. The number of rotatable bonds is 4. The number of aliphatic carboxylic acids is 1. The van der Waals surface area contributed by atoms with Crippen molar-refractivity contribution in [3.05, 3.63) is 60.0 Å². The molecule has 0 saturated heterocycles. The number of carbonyl (C=O) groups is 2. The highest BCUT2D eigenvalue weighted by Crippen LogP contribution is 2.21. The molecule has 0 fully saturated rings. The normalized spacial score (nSPS) is 11.6. The molecule has 3 aromatic rings. The summed E-state index contributed by atoms with van der Waals surface area (Å²) in [6.45, 7) is 0. The van der Waals surface area contributed by atoms with Crippen LogP contribution in [-0.4, -0.2) is 31.6 Å². The third-order valence-corrected chi connectivity index (χ3v) is 3.35. The predicted molar refractivity (Wildman–Crippen MR) is 85.5 cm³/mol. The maximum Gasteiger partial charge on any atom is 0.377 e. The first-order chi connectivity index (χ1) is 11.0. The standard InChI is InChI=1S/C17H13N3O3/c1-20-10-11(9-18-20)8-13(16(21)17(22)23)15-7-6-12-4-2-3-5-14(12)19-15/h2-10H,1H3,(H,22,23). The third-order valence-electron chi connectivity index (χ3n) is 3.35. The van der Waals surface area contributed by atoms with E-state index in [-0.39, 0.29) is 5.57 Å². The third kappa shape index (κ3) is 3.01. The zero-order valence-electron chi connectivity index (χ0n) is 12.3. The fourth-order valence-corrected chi connectivity index (χ4v) is 2.27. The molecular formula is C17H13N3O3. The van der Waals surface area contributed by atoms with E-state index in [2.05, 4.69) is 10.1 Å². The minimum absolute atomic E-state index is 0.0243. The van der Waals surface area contributed by atoms with Gasteiger partial charge in [-0.15, -0.1) is 0 Å². The quantitative estimate of drug-likeness (QED) is 0.590. The number of pyridine rings is 1. The summed E-state index contributed by atoms with van der Waals surface area (Å²) in [5.74, 6) is -2.52. The number of aromatic nitrogens is 3. The van der Waals surface area contributed by atoms with Crippen molar-refractivity contribution in [3.8, 4) is 0 Å². The Balaban J connectivity index is 2.15. The van der Waals surface area contributed by atoms with Gasteiger partial charge in [-0.1, -0.05) is 24.3 Å². The monoisotopic (exact) mass is 307 g/mol.